The summed E-state index contributed by atoms with van der Waals surface area (Å²) in [7, 11) is 0. The summed E-state index contributed by atoms with van der Waals surface area (Å²) in [5.74, 6) is 0.605. The quantitative estimate of drug-likeness (QED) is 0.760. The van der Waals surface area contributed by atoms with E-state index < -0.39 is 0 Å². The topological polar surface area (TPSA) is 58.6 Å². The van der Waals surface area contributed by atoms with Gasteiger partial charge in [-0.15, -0.1) is 0 Å². The van der Waals surface area contributed by atoms with Crippen LogP contribution in [0, 0.1) is 19.8 Å². The first-order chi connectivity index (χ1) is 12.4. The van der Waals surface area contributed by atoms with Gasteiger partial charge in [0.2, 0.25) is 5.91 Å². The highest BCUT2D eigenvalue weighted by Crippen LogP contribution is 2.23. The SMILES string of the molecule is CCCCNC(=O)C1CCC(C)N(C(=O)COc2ccc(C)c(C)c2)C1. The molecule has 5 nitrogen and oxygen atoms in total. The molecule has 0 bridgehead atoms. The first-order valence-electron chi connectivity index (χ1n) is 9.69. The number of ether oxygens (including phenoxy) is 1. The maximum atomic E-state index is 12.6. The molecule has 1 aliphatic rings. The number of benzene rings is 1. The Bertz CT molecular complexity index is 630. The summed E-state index contributed by atoms with van der Waals surface area (Å²) in [6, 6.07) is 5.98. The molecule has 0 aromatic heterocycles. The molecule has 0 saturated carbocycles. The van der Waals surface area contributed by atoms with Crippen molar-refractivity contribution >= 4 is 11.8 Å². The third-order valence-corrected chi connectivity index (χ3v) is 5.24. The van der Waals surface area contributed by atoms with Gasteiger partial charge < -0.3 is 15.0 Å². The van der Waals surface area contributed by atoms with Crippen molar-refractivity contribution in [3.63, 3.8) is 0 Å². The van der Waals surface area contributed by atoms with E-state index in [1.54, 1.807) is 4.90 Å². The van der Waals surface area contributed by atoms with Gasteiger partial charge in [0.1, 0.15) is 5.75 Å². The average molecular weight is 360 g/mol. The Morgan fingerprint density at radius 1 is 1.23 bits per heavy atom. The molecule has 1 N–H and O–H groups in total. The number of amides is 2. The van der Waals surface area contributed by atoms with E-state index in [2.05, 4.69) is 12.2 Å². The monoisotopic (exact) mass is 360 g/mol. The maximum Gasteiger partial charge on any atom is 0.260 e. The minimum Gasteiger partial charge on any atom is -0.484 e. The number of nitrogens with one attached hydrogen (secondary N) is 1. The van der Waals surface area contributed by atoms with Crippen LogP contribution in [-0.4, -0.2) is 42.5 Å². The van der Waals surface area contributed by atoms with E-state index in [0.717, 1.165) is 31.2 Å². The van der Waals surface area contributed by atoms with Crippen LogP contribution in [0.5, 0.6) is 5.75 Å². The van der Waals surface area contributed by atoms with Crippen molar-refractivity contribution in [1.29, 1.82) is 0 Å². The molecule has 2 atom stereocenters. The van der Waals surface area contributed by atoms with Crippen LogP contribution in [0.2, 0.25) is 0 Å². The highest BCUT2D eigenvalue weighted by Gasteiger charge is 2.32. The second-order valence-electron chi connectivity index (χ2n) is 7.35. The van der Waals surface area contributed by atoms with Crippen LogP contribution in [0.15, 0.2) is 18.2 Å². The Morgan fingerprint density at radius 2 is 2.00 bits per heavy atom. The molecule has 1 fully saturated rings. The first-order valence-corrected chi connectivity index (χ1v) is 9.69. The van der Waals surface area contributed by atoms with Crippen molar-refractivity contribution in [2.24, 2.45) is 5.92 Å². The lowest BCUT2D eigenvalue weighted by molar-refractivity contribution is -0.140. The summed E-state index contributed by atoms with van der Waals surface area (Å²) >= 11 is 0. The summed E-state index contributed by atoms with van der Waals surface area (Å²) in [4.78, 5) is 26.7. The fourth-order valence-electron chi connectivity index (χ4n) is 3.23. The van der Waals surface area contributed by atoms with Crippen LogP contribution in [0.4, 0.5) is 0 Å². The molecule has 0 spiro atoms. The molecule has 5 heteroatoms. The summed E-state index contributed by atoms with van der Waals surface area (Å²) < 4.78 is 5.69. The number of hydrogen-bond acceptors (Lipinski definition) is 3. The zero-order chi connectivity index (χ0) is 19.1. The lowest BCUT2D eigenvalue weighted by Crippen LogP contribution is -2.50. The van der Waals surface area contributed by atoms with Gasteiger partial charge in [0, 0.05) is 19.1 Å². The molecule has 1 aromatic carbocycles. The molecule has 26 heavy (non-hydrogen) atoms. The van der Waals surface area contributed by atoms with E-state index in [9.17, 15) is 9.59 Å². The third-order valence-electron chi connectivity index (χ3n) is 5.24. The van der Waals surface area contributed by atoms with E-state index in [0.29, 0.717) is 18.8 Å². The molecule has 2 amide bonds. The van der Waals surface area contributed by atoms with Crippen molar-refractivity contribution in [3.8, 4) is 5.75 Å². The van der Waals surface area contributed by atoms with Crippen LogP contribution < -0.4 is 10.1 Å². The smallest absolute Gasteiger partial charge is 0.260 e. The van der Waals surface area contributed by atoms with Crippen LogP contribution >= 0.6 is 0 Å². The average Bonchev–Trinajstić information content (AvgIpc) is 2.63. The molecule has 0 aliphatic carbocycles. The van der Waals surface area contributed by atoms with Gasteiger partial charge >= 0.3 is 0 Å². The summed E-state index contributed by atoms with van der Waals surface area (Å²) in [5, 5.41) is 2.99. The maximum absolute atomic E-state index is 12.6. The van der Waals surface area contributed by atoms with E-state index in [4.69, 9.17) is 4.74 Å². The lowest BCUT2D eigenvalue weighted by atomic mass is 9.92. The Morgan fingerprint density at radius 3 is 2.69 bits per heavy atom. The number of rotatable bonds is 7. The molecule has 144 valence electrons. The molecule has 0 radical (unpaired) electrons. The molecule has 1 heterocycles. The van der Waals surface area contributed by atoms with Crippen LogP contribution in [-0.2, 0) is 9.59 Å². The number of unbranched alkanes of at least 4 members (excludes halogenated alkanes) is 1. The molecular formula is C21H32N2O3. The number of carbonyl (C=O) groups excluding carboxylic acids is 2. The van der Waals surface area contributed by atoms with Gasteiger partial charge in [-0.25, -0.2) is 0 Å². The van der Waals surface area contributed by atoms with Crippen molar-refractivity contribution in [3.05, 3.63) is 29.3 Å². The zero-order valence-electron chi connectivity index (χ0n) is 16.5. The van der Waals surface area contributed by atoms with Crippen LogP contribution in [0.25, 0.3) is 0 Å². The predicted octanol–water partition coefficient (Wildman–Crippen LogP) is 3.23. The van der Waals surface area contributed by atoms with Crippen LogP contribution in [0.3, 0.4) is 0 Å². The Balaban J connectivity index is 1.89. The van der Waals surface area contributed by atoms with Gasteiger partial charge in [-0.2, -0.15) is 0 Å². The standard InChI is InChI=1S/C21H32N2O3/c1-5-6-11-22-21(25)18-9-8-17(4)23(13-18)20(24)14-26-19-10-7-15(2)16(3)12-19/h7,10,12,17-18H,5-6,8-9,11,13-14H2,1-4H3,(H,22,25). The van der Waals surface area contributed by atoms with Gasteiger partial charge in [0.05, 0.1) is 5.92 Å². The van der Waals surface area contributed by atoms with E-state index in [-0.39, 0.29) is 30.4 Å². The second kappa shape index (κ2) is 9.60. The van der Waals surface area contributed by atoms with Crippen molar-refractivity contribution in [2.45, 2.75) is 59.4 Å². The Kier molecular flexibility index (Phi) is 7.49. The first kappa shape index (κ1) is 20.3. The van der Waals surface area contributed by atoms with E-state index in [1.807, 2.05) is 39.0 Å². The zero-order valence-corrected chi connectivity index (χ0v) is 16.5. The fourth-order valence-corrected chi connectivity index (χ4v) is 3.23. The number of piperidine rings is 1. The van der Waals surface area contributed by atoms with Gasteiger partial charge in [0.25, 0.3) is 5.91 Å². The fraction of sp³-hybridized carbons (Fsp3) is 0.619. The number of likely N-dealkylation sites (tertiary alicyclic amines) is 1. The van der Waals surface area contributed by atoms with E-state index in [1.165, 1.54) is 5.56 Å². The highest BCUT2D eigenvalue weighted by molar-refractivity contribution is 5.82. The minimum atomic E-state index is -0.117. The van der Waals surface area contributed by atoms with Gasteiger partial charge in [-0.3, -0.25) is 9.59 Å². The molecule has 2 rings (SSSR count). The summed E-state index contributed by atoms with van der Waals surface area (Å²) in [6.45, 7) is 9.42. The largest absolute Gasteiger partial charge is 0.484 e. The summed E-state index contributed by atoms with van der Waals surface area (Å²) in [5.41, 5.74) is 2.34. The van der Waals surface area contributed by atoms with Gasteiger partial charge in [0.15, 0.2) is 6.61 Å². The van der Waals surface area contributed by atoms with Crippen molar-refractivity contribution in [2.75, 3.05) is 19.7 Å². The van der Waals surface area contributed by atoms with Crippen LogP contribution in [0.1, 0.15) is 50.7 Å². The van der Waals surface area contributed by atoms with E-state index >= 15 is 0 Å². The Hall–Kier alpha value is -2.04. The Labute approximate surface area is 157 Å². The molecule has 1 saturated heterocycles. The second-order valence-corrected chi connectivity index (χ2v) is 7.35. The molecule has 1 aliphatic heterocycles. The predicted molar refractivity (Wildman–Crippen MR) is 103 cm³/mol. The normalized spacial score (nSPS) is 19.9. The van der Waals surface area contributed by atoms with Crippen molar-refractivity contribution in [1.82, 2.24) is 10.2 Å². The number of carbonyl (C=O) groups is 2. The van der Waals surface area contributed by atoms with Crippen molar-refractivity contribution < 1.29 is 14.3 Å². The molecule has 1 aromatic rings. The highest BCUT2D eigenvalue weighted by atomic mass is 16.5. The molecular weight excluding hydrogens is 328 g/mol. The summed E-state index contributed by atoms with van der Waals surface area (Å²) in [6.07, 6.45) is 3.73. The van der Waals surface area contributed by atoms with Gasteiger partial charge in [-0.05, 0) is 63.3 Å². The van der Waals surface area contributed by atoms with Gasteiger partial charge in [-0.1, -0.05) is 19.4 Å². The number of aryl methyl sites for hydroxylation is 2. The minimum absolute atomic E-state index is 0.0109. The third kappa shape index (κ3) is 5.48. The number of hydrogen-bond donors (Lipinski definition) is 1. The lowest BCUT2D eigenvalue weighted by Gasteiger charge is -2.37. The molecule has 2 unspecified atom stereocenters. The number of nitrogens with zero attached hydrogens (tertiary/aromatic N) is 1.